The highest BCUT2D eigenvalue weighted by molar-refractivity contribution is 7.94. The fourth-order valence-corrected chi connectivity index (χ4v) is 5.06. The summed E-state index contributed by atoms with van der Waals surface area (Å²) in [6.45, 7) is 3.19. The zero-order chi connectivity index (χ0) is 15.7. The summed E-state index contributed by atoms with van der Waals surface area (Å²) in [5, 5.41) is -0.827. The van der Waals surface area contributed by atoms with Crippen molar-refractivity contribution in [2.45, 2.75) is 30.1 Å². The third kappa shape index (κ3) is 3.59. The molecule has 20 heavy (non-hydrogen) atoms. The van der Waals surface area contributed by atoms with E-state index in [0.717, 1.165) is 12.3 Å². The smallest absolute Gasteiger partial charge is 0.252 e. The Labute approximate surface area is 123 Å². The maximum Gasteiger partial charge on any atom is 0.252 e. The molecule has 0 aliphatic rings. The standard InChI is InChI=1S/C12H15ClO5S2/c1-4-5-20(17,18)11-6-8(2)9(12(13)14)7-10(11)19(3,15)16/h6-7H,4-5H2,1-3H3. The van der Waals surface area contributed by atoms with Gasteiger partial charge in [-0.05, 0) is 42.6 Å². The van der Waals surface area contributed by atoms with E-state index in [-0.39, 0.29) is 21.1 Å². The van der Waals surface area contributed by atoms with Crippen LogP contribution >= 0.6 is 11.6 Å². The third-order valence-electron chi connectivity index (χ3n) is 2.71. The number of carbonyl (C=O) groups is 1. The van der Waals surface area contributed by atoms with Crippen molar-refractivity contribution in [3.63, 3.8) is 0 Å². The summed E-state index contributed by atoms with van der Waals surface area (Å²) in [6.07, 6.45) is 1.26. The Morgan fingerprint density at radius 1 is 1.15 bits per heavy atom. The molecule has 1 rings (SSSR count). The first kappa shape index (κ1) is 17.1. The fourth-order valence-electron chi connectivity index (χ4n) is 1.78. The van der Waals surface area contributed by atoms with Crippen molar-refractivity contribution in [2.24, 2.45) is 0 Å². The number of halogens is 1. The highest BCUT2D eigenvalue weighted by Crippen LogP contribution is 2.27. The largest absolute Gasteiger partial charge is 0.276 e. The highest BCUT2D eigenvalue weighted by atomic mass is 35.5. The molecule has 0 radical (unpaired) electrons. The number of aryl methyl sites for hydroxylation is 1. The predicted molar refractivity (Wildman–Crippen MR) is 76.8 cm³/mol. The lowest BCUT2D eigenvalue weighted by molar-refractivity contribution is 0.108. The molecule has 1 aromatic rings. The number of hydrogen-bond donors (Lipinski definition) is 0. The monoisotopic (exact) mass is 338 g/mol. The Balaban J connectivity index is 3.78. The van der Waals surface area contributed by atoms with Crippen LogP contribution in [0.1, 0.15) is 29.3 Å². The van der Waals surface area contributed by atoms with Gasteiger partial charge >= 0.3 is 0 Å². The van der Waals surface area contributed by atoms with Crippen molar-refractivity contribution in [3.8, 4) is 0 Å². The zero-order valence-corrected chi connectivity index (χ0v) is 13.7. The molecule has 0 N–H and O–H groups in total. The number of rotatable bonds is 5. The van der Waals surface area contributed by atoms with E-state index in [1.807, 2.05) is 0 Å². The Bertz CT molecular complexity index is 748. The minimum atomic E-state index is -3.80. The van der Waals surface area contributed by atoms with Crippen LogP contribution in [0.15, 0.2) is 21.9 Å². The third-order valence-corrected chi connectivity index (χ3v) is 6.13. The molecular weight excluding hydrogens is 324 g/mol. The van der Waals surface area contributed by atoms with Crippen molar-refractivity contribution >= 4 is 36.5 Å². The highest BCUT2D eigenvalue weighted by Gasteiger charge is 2.26. The van der Waals surface area contributed by atoms with Gasteiger partial charge in [0, 0.05) is 11.8 Å². The summed E-state index contributed by atoms with van der Waals surface area (Å²) in [6, 6.07) is 2.22. The topological polar surface area (TPSA) is 85.3 Å². The number of hydrogen-bond acceptors (Lipinski definition) is 5. The zero-order valence-electron chi connectivity index (χ0n) is 11.3. The van der Waals surface area contributed by atoms with Crippen molar-refractivity contribution in [2.75, 3.05) is 12.0 Å². The van der Waals surface area contributed by atoms with Crippen LogP contribution in [0.3, 0.4) is 0 Å². The minimum absolute atomic E-state index is 0.0115. The summed E-state index contributed by atoms with van der Waals surface area (Å²) >= 11 is 5.38. The van der Waals surface area contributed by atoms with Gasteiger partial charge in [-0.15, -0.1) is 0 Å². The second-order valence-corrected chi connectivity index (χ2v) is 8.88. The molecule has 1 aromatic carbocycles. The van der Waals surface area contributed by atoms with Crippen molar-refractivity contribution in [1.29, 1.82) is 0 Å². The molecule has 112 valence electrons. The van der Waals surface area contributed by atoms with Gasteiger partial charge in [-0.1, -0.05) is 6.92 Å². The van der Waals surface area contributed by atoms with Crippen LogP contribution in [-0.4, -0.2) is 34.1 Å². The molecule has 0 unspecified atom stereocenters. The Kier molecular flexibility index (Phi) is 4.99. The van der Waals surface area contributed by atoms with Crippen LogP contribution in [0.2, 0.25) is 0 Å². The van der Waals surface area contributed by atoms with E-state index < -0.39 is 24.9 Å². The van der Waals surface area contributed by atoms with Gasteiger partial charge in [0.2, 0.25) is 0 Å². The molecule has 5 nitrogen and oxygen atoms in total. The van der Waals surface area contributed by atoms with Gasteiger partial charge in [0.15, 0.2) is 19.7 Å². The first-order valence-electron chi connectivity index (χ1n) is 5.78. The minimum Gasteiger partial charge on any atom is -0.276 e. The van der Waals surface area contributed by atoms with Gasteiger partial charge in [-0.3, -0.25) is 4.79 Å². The normalized spacial score (nSPS) is 12.4. The molecule has 0 aromatic heterocycles. The second kappa shape index (κ2) is 5.83. The lowest BCUT2D eigenvalue weighted by Gasteiger charge is -2.12. The molecule has 0 spiro atoms. The molecule has 0 fully saturated rings. The van der Waals surface area contributed by atoms with Gasteiger partial charge in [-0.25, -0.2) is 16.8 Å². The molecule has 0 aliphatic heterocycles. The first-order valence-corrected chi connectivity index (χ1v) is 9.70. The Hall–Kier alpha value is -0.920. The molecule has 0 atom stereocenters. The molecule has 0 aliphatic carbocycles. The van der Waals surface area contributed by atoms with Crippen LogP contribution in [0.5, 0.6) is 0 Å². The predicted octanol–water partition coefficient (Wildman–Crippen LogP) is 1.96. The fraction of sp³-hybridized carbons (Fsp3) is 0.417. The molecule has 0 saturated heterocycles. The van der Waals surface area contributed by atoms with E-state index in [4.69, 9.17) is 11.6 Å². The van der Waals surface area contributed by atoms with Crippen molar-refractivity contribution in [3.05, 3.63) is 23.3 Å². The molecule has 0 saturated carbocycles. The van der Waals surface area contributed by atoms with E-state index in [2.05, 4.69) is 0 Å². The van der Waals surface area contributed by atoms with Crippen LogP contribution in [-0.2, 0) is 19.7 Å². The summed E-state index contributed by atoms with van der Waals surface area (Å²) < 4.78 is 47.8. The first-order chi connectivity index (χ1) is 9.00. The number of sulfone groups is 2. The quantitative estimate of drug-likeness (QED) is 0.766. The van der Waals surface area contributed by atoms with Crippen molar-refractivity contribution in [1.82, 2.24) is 0 Å². The average molecular weight is 339 g/mol. The lowest BCUT2D eigenvalue weighted by Crippen LogP contribution is -2.13. The van der Waals surface area contributed by atoms with Crippen LogP contribution < -0.4 is 0 Å². The lowest BCUT2D eigenvalue weighted by atomic mass is 10.1. The van der Waals surface area contributed by atoms with Gasteiger partial charge in [0.1, 0.15) is 0 Å². The summed E-state index contributed by atoms with van der Waals surface area (Å²) in [5.41, 5.74) is 0.314. The Morgan fingerprint density at radius 2 is 1.70 bits per heavy atom. The van der Waals surface area contributed by atoms with Crippen molar-refractivity contribution < 1.29 is 21.6 Å². The molecule has 8 heteroatoms. The molecule has 0 amide bonds. The summed E-state index contributed by atoms with van der Waals surface area (Å²) in [5.74, 6) is -0.164. The van der Waals surface area contributed by atoms with Crippen LogP contribution in [0.4, 0.5) is 0 Å². The van der Waals surface area contributed by atoms with Crippen LogP contribution in [0.25, 0.3) is 0 Å². The van der Waals surface area contributed by atoms with Gasteiger partial charge in [0.25, 0.3) is 5.24 Å². The van der Waals surface area contributed by atoms with E-state index in [1.165, 1.54) is 13.0 Å². The van der Waals surface area contributed by atoms with E-state index in [9.17, 15) is 21.6 Å². The van der Waals surface area contributed by atoms with Gasteiger partial charge < -0.3 is 0 Å². The number of benzene rings is 1. The maximum absolute atomic E-state index is 12.2. The average Bonchev–Trinajstić information content (AvgIpc) is 2.26. The summed E-state index contributed by atoms with van der Waals surface area (Å²) in [4.78, 5) is 10.6. The molecule has 0 bridgehead atoms. The second-order valence-electron chi connectivity index (χ2n) is 4.48. The maximum atomic E-state index is 12.2. The molecular formula is C12H15ClO5S2. The Morgan fingerprint density at radius 3 is 2.10 bits per heavy atom. The van der Waals surface area contributed by atoms with E-state index in [1.54, 1.807) is 6.92 Å². The van der Waals surface area contributed by atoms with E-state index in [0.29, 0.717) is 12.0 Å². The molecule has 0 heterocycles. The SMILES string of the molecule is CCCS(=O)(=O)c1cc(C)c(C(=O)Cl)cc1S(C)(=O)=O. The van der Waals surface area contributed by atoms with Gasteiger partial charge in [-0.2, -0.15) is 0 Å². The summed E-state index contributed by atoms with van der Waals surface area (Å²) in [7, 11) is -7.52. The van der Waals surface area contributed by atoms with Crippen LogP contribution in [0, 0.1) is 6.92 Å². The number of carbonyl (C=O) groups excluding carboxylic acids is 1. The van der Waals surface area contributed by atoms with Gasteiger partial charge in [0.05, 0.1) is 15.5 Å². The van der Waals surface area contributed by atoms with E-state index >= 15 is 0 Å².